The fourth-order valence-electron chi connectivity index (χ4n) is 4.03. The number of likely N-dealkylation sites (tertiary alicyclic amines) is 2. The topological polar surface area (TPSA) is 69.7 Å². The third-order valence-electron chi connectivity index (χ3n) is 6.00. The third-order valence-corrected chi connectivity index (χ3v) is 6.68. The zero-order valence-electron chi connectivity index (χ0n) is 15.6. The van der Waals surface area contributed by atoms with Crippen molar-refractivity contribution in [2.24, 2.45) is 17.8 Å². The van der Waals surface area contributed by atoms with Crippen LogP contribution in [0.2, 0.25) is 0 Å². The van der Waals surface area contributed by atoms with E-state index in [-0.39, 0.29) is 23.6 Å². The molecule has 0 bridgehead atoms. The van der Waals surface area contributed by atoms with Gasteiger partial charge in [-0.05, 0) is 49.0 Å². The number of nitrogens with zero attached hydrogens (tertiary/aromatic N) is 2. The van der Waals surface area contributed by atoms with Gasteiger partial charge >= 0.3 is 0 Å². The molecule has 1 N–H and O–H groups in total. The second kappa shape index (κ2) is 8.00. The smallest absolute Gasteiger partial charge is 0.254 e. The van der Waals surface area contributed by atoms with E-state index in [0.717, 1.165) is 38.0 Å². The molecule has 1 aromatic heterocycles. The van der Waals surface area contributed by atoms with Crippen molar-refractivity contribution in [2.45, 2.75) is 32.1 Å². The van der Waals surface area contributed by atoms with Crippen LogP contribution in [0.3, 0.4) is 0 Å². The Kier molecular flexibility index (Phi) is 5.48. The molecule has 0 spiro atoms. The molecule has 3 fully saturated rings. The second-order valence-corrected chi connectivity index (χ2v) is 8.92. The number of thiophene rings is 1. The highest BCUT2D eigenvalue weighted by Crippen LogP contribution is 2.28. The first kappa shape index (κ1) is 18.5. The monoisotopic (exact) mass is 389 g/mol. The Hall–Kier alpha value is -1.89. The van der Waals surface area contributed by atoms with Crippen LogP contribution in [0.4, 0.5) is 0 Å². The van der Waals surface area contributed by atoms with Crippen molar-refractivity contribution in [1.29, 1.82) is 0 Å². The number of piperidine rings is 1. The molecule has 3 heterocycles. The standard InChI is InChI=1S/C20H27N3O3S/c24-18-9-17(19(25)21-10-14-1-2-14)12-23(18)11-15-3-6-22(7-4-15)20(26)16-5-8-27-13-16/h5,8,13-15,17H,1-4,6-7,9-12H2,(H,21,25). The molecule has 1 unspecified atom stereocenters. The van der Waals surface area contributed by atoms with Crippen LogP contribution >= 0.6 is 11.3 Å². The molecule has 0 aromatic carbocycles. The van der Waals surface area contributed by atoms with E-state index in [1.165, 1.54) is 12.8 Å². The molecule has 4 rings (SSSR count). The maximum absolute atomic E-state index is 12.4. The van der Waals surface area contributed by atoms with Crippen molar-refractivity contribution in [1.82, 2.24) is 15.1 Å². The third kappa shape index (κ3) is 4.51. The summed E-state index contributed by atoms with van der Waals surface area (Å²) in [5, 5.41) is 6.82. The molecule has 2 saturated heterocycles. The SMILES string of the molecule is O=C(NCC1CC1)C1CC(=O)N(CC2CCN(C(=O)c3ccsc3)CC2)C1. The normalized spacial score (nSPS) is 23.7. The maximum atomic E-state index is 12.4. The van der Waals surface area contributed by atoms with E-state index in [2.05, 4.69) is 5.32 Å². The average Bonchev–Trinajstić information content (AvgIpc) is 3.20. The molecule has 3 aliphatic rings. The fraction of sp³-hybridized carbons (Fsp3) is 0.650. The first-order valence-electron chi connectivity index (χ1n) is 9.97. The highest BCUT2D eigenvalue weighted by atomic mass is 32.1. The van der Waals surface area contributed by atoms with Gasteiger partial charge in [0.05, 0.1) is 11.5 Å². The van der Waals surface area contributed by atoms with Gasteiger partial charge in [0.15, 0.2) is 0 Å². The van der Waals surface area contributed by atoms with Gasteiger partial charge in [-0.3, -0.25) is 14.4 Å². The van der Waals surface area contributed by atoms with Crippen LogP contribution in [-0.2, 0) is 9.59 Å². The van der Waals surface area contributed by atoms with Gasteiger partial charge in [-0.1, -0.05) is 0 Å². The van der Waals surface area contributed by atoms with Crippen LogP contribution in [0.1, 0.15) is 42.5 Å². The summed E-state index contributed by atoms with van der Waals surface area (Å²) in [5.41, 5.74) is 0.772. The molecule has 1 atom stereocenters. The first-order chi connectivity index (χ1) is 13.1. The largest absolute Gasteiger partial charge is 0.356 e. The van der Waals surface area contributed by atoms with Crippen LogP contribution < -0.4 is 5.32 Å². The summed E-state index contributed by atoms with van der Waals surface area (Å²) in [7, 11) is 0. The van der Waals surface area contributed by atoms with Gasteiger partial charge in [0.2, 0.25) is 11.8 Å². The molecular formula is C20H27N3O3S. The van der Waals surface area contributed by atoms with E-state index in [0.29, 0.717) is 31.3 Å². The minimum Gasteiger partial charge on any atom is -0.356 e. The van der Waals surface area contributed by atoms with Gasteiger partial charge in [0.1, 0.15) is 0 Å². The number of hydrogen-bond donors (Lipinski definition) is 1. The summed E-state index contributed by atoms with van der Waals surface area (Å²) >= 11 is 1.54. The number of amides is 3. The molecule has 1 aromatic rings. The van der Waals surface area contributed by atoms with Gasteiger partial charge in [0.25, 0.3) is 5.91 Å². The van der Waals surface area contributed by atoms with E-state index in [1.807, 2.05) is 26.6 Å². The highest BCUT2D eigenvalue weighted by Gasteiger charge is 2.36. The first-order valence-corrected chi connectivity index (χ1v) is 10.9. The van der Waals surface area contributed by atoms with Crippen LogP contribution in [-0.4, -0.2) is 60.2 Å². The van der Waals surface area contributed by atoms with Crippen LogP contribution in [0.25, 0.3) is 0 Å². The zero-order valence-corrected chi connectivity index (χ0v) is 16.4. The van der Waals surface area contributed by atoms with Crippen LogP contribution in [0.5, 0.6) is 0 Å². The van der Waals surface area contributed by atoms with Crippen LogP contribution in [0, 0.1) is 17.8 Å². The quantitative estimate of drug-likeness (QED) is 0.809. The molecule has 146 valence electrons. The Morgan fingerprint density at radius 2 is 1.93 bits per heavy atom. The molecule has 2 aliphatic heterocycles. The van der Waals surface area contributed by atoms with Crippen molar-refractivity contribution in [3.8, 4) is 0 Å². The predicted octanol–water partition coefficient (Wildman–Crippen LogP) is 1.98. The van der Waals surface area contributed by atoms with E-state index in [1.54, 1.807) is 11.3 Å². The highest BCUT2D eigenvalue weighted by molar-refractivity contribution is 7.08. The van der Waals surface area contributed by atoms with E-state index in [4.69, 9.17) is 0 Å². The van der Waals surface area contributed by atoms with E-state index < -0.39 is 0 Å². The molecule has 0 radical (unpaired) electrons. The molecular weight excluding hydrogens is 362 g/mol. The molecule has 1 saturated carbocycles. The minimum atomic E-state index is -0.198. The summed E-state index contributed by atoms with van der Waals surface area (Å²) in [6.45, 7) is 3.51. The summed E-state index contributed by atoms with van der Waals surface area (Å²) in [6.07, 6.45) is 4.59. The molecule has 27 heavy (non-hydrogen) atoms. The molecule has 3 amide bonds. The lowest BCUT2D eigenvalue weighted by Crippen LogP contribution is -2.42. The Balaban J connectivity index is 1.22. The summed E-state index contributed by atoms with van der Waals surface area (Å²) in [6, 6.07) is 1.87. The lowest BCUT2D eigenvalue weighted by molar-refractivity contribution is -0.129. The number of carbonyl (C=O) groups excluding carboxylic acids is 3. The minimum absolute atomic E-state index is 0.0360. The van der Waals surface area contributed by atoms with Crippen molar-refractivity contribution in [2.75, 3.05) is 32.7 Å². The Labute approximate surface area is 163 Å². The number of rotatable bonds is 6. The summed E-state index contributed by atoms with van der Waals surface area (Å²) < 4.78 is 0. The zero-order chi connectivity index (χ0) is 18.8. The summed E-state index contributed by atoms with van der Waals surface area (Å²) in [5.74, 6) is 1.11. The van der Waals surface area contributed by atoms with E-state index >= 15 is 0 Å². The Morgan fingerprint density at radius 1 is 1.15 bits per heavy atom. The Morgan fingerprint density at radius 3 is 2.59 bits per heavy atom. The lowest BCUT2D eigenvalue weighted by Gasteiger charge is -2.33. The molecule has 1 aliphatic carbocycles. The van der Waals surface area contributed by atoms with Crippen molar-refractivity contribution < 1.29 is 14.4 Å². The van der Waals surface area contributed by atoms with Crippen LogP contribution in [0.15, 0.2) is 16.8 Å². The van der Waals surface area contributed by atoms with E-state index in [9.17, 15) is 14.4 Å². The van der Waals surface area contributed by atoms with Crippen molar-refractivity contribution in [3.05, 3.63) is 22.4 Å². The lowest BCUT2D eigenvalue weighted by atomic mass is 9.96. The predicted molar refractivity (Wildman–Crippen MR) is 103 cm³/mol. The maximum Gasteiger partial charge on any atom is 0.254 e. The van der Waals surface area contributed by atoms with Crippen molar-refractivity contribution in [3.63, 3.8) is 0 Å². The average molecular weight is 390 g/mol. The van der Waals surface area contributed by atoms with Gasteiger partial charge in [-0.25, -0.2) is 0 Å². The molecule has 6 nitrogen and oxygen atoms in total. The van der Waals surface area contributed by atoms with Gasteiger partial charge in [0, 0.05) is 44.5 Å². The molecule has 7 heteroatoms. The summed E-state index contributed by atoms with van der Waals surface area (Å²) in [4.78, 5) is 40.8. The number of nitrogens with one attached hydrogen (secondary N) is 1. The van der Waals surface area contributed by atoms with Gasteiger partial charge in [-0.15, -0.1) is 0 Å². The Bertz CT molecular complexity index is 693. The second-order valence-electron chi connectivity index (χ2n) is 8.14. The fourth-order valence-corrected chi connectivity index (χ4v) is 4.66. The van der Waals surface area contributed by atoms with Gasteiger partial charge in [-0.2, -0.15) is 11.3 Å². The van der Waals surface area contributed by atoms with Crippen molar-refractivity contribution >= 4 is 29.1 Å². The van der Waals surface area contributed by atoms with Gasteiger partial charge < -0.3 is 15.1 Å². The number of hydrogen-bond acceptors (Lipinski definition) is 4. The number of carbonyl (C=O) groups is 3.